The Hall–Kier alpha value is -2.41. The van der Waals surface area contributed by atoms with Crippen molar-refractivity contribution < 1.29 is 4.79 Å². The van der Waals surface area contributed by atoms with Crippen LogP contribution in [0.1, 0.15) is 60.9 Å². The number of H-pyrrole nitrogens is 1. The van der Waals surface area contributed by atoms with Crippen molar-refractivity contribution in [1.29, 1.82) is 0 Å². The molecule has 1 amide bonds. The third kappa shape index (κ3) is 2.96. The quantitative estimate of drug-likeness (QED) is 0.737. The number of aromatic amines is 1. The summed E-state index contributed by atoms with van der Waals surface area (Å²) in [6.45, 7) is 3.86. The molecule has 0 radical (unpaired) electrons. The highest BCUT2D eigenvalue weighted by molar-refractivity contribution is 7.09. The minimum absolute atomic E-state index is 0.0902. The van der Waals surface area contributed by atoms with E-state index in [1.165, 1.54) is 11.3 Å². The second kappa shape index (κ2) is 6.39. The lowest BCUT2D eigenvalue weighted by Gasteiger charge is -2.23. The zero-order chi connectivity index (χ0) is 18.3. The summed E-state index contributed by atoms with van der Waals surface area (Å²) in [5.41, 5.74) is 1.47. The van der Waals surface area contributed by atoms with Gasteiger partial charge in [-0.2, -0.15) is 0 Å². The maximum atomic E-state index is 12.7. The summed E-state index contributed by atoms with van der Waals surface area (Å²) in [5.74, 6) is -0.179. The first-order chi connectivity index (χ1) is 12.5. The molecule has 1 aromatic carbocycles. The molecule has 4 rings (SSSR count). The fourth-order valence-electron chi connectivity index (χ4n) is 3.74. The van der Waals surface area contributed by atoms with Crippen LogP contribution in [0.25, 0.3) is 11.0 Å². The standard InChI is InChI=1S/C19H22N4O2S/c1-19(2,17-20-9-10-26-17)22-16(24)12-7-8-15-14(11-12)21-18(25)23(15)13-5-3-4-6-13/h7-11,13H,3-6H2,1-2H3,(H,21,25)(H,22,24). The van der Waals surface area contributed by atoms with E-state index in [4.69, 9.17) is 0 Å². The van der Waals surface area contributed by atoms with E-state index in [0.717, 1.165) is 36.2 Å². The summed E-state index contributed by atoms with van der Waals surface area (Å²) in [5, 5.41) is 5.78. The molecule has 7 heteroatoms. The lowest BCUT2D eigenvalue weighted by molar-refractivity contribution is 0.0912. The van der Waals surface area contributed by atoms with E-state index in [2.05, 4.69) is 15.3 Å². The van der Waals surface area contributed by atoms with Crippen molar-refractivity contribution in [2.75, 3.05) is 0 Å². The summed E-state index contributed by atoms with van der Waals surface area (Å²) in [6, 6.07) is 5.68. The number of amides is 1. The van der Waals surface area contributed by atoms with Gasteiger partial charge in [-0.3, -0.25) is 9.36 Å². The van der Waals surface area contributed by atoms with Gasteiger partial charge in [-0.1, -0.05) is 12.8 Å². The molecular formula is C19H22N4O2S. The molecule has 2 aromatic heterocycles. The second-order valence-electron chi connectivity index (χ2n) is 7.39. The van der Waals surface area contributed by atoms with Gasteiger partial charge in [0.25, 0.3) is 5.91 Å². The summed E-state index contributed by atoms with van der Waals surface area (Å²) >= 11 is 1.51. The summed E-state index contributed by atoms with van der Waals surface area (Å²) < 4.78 is 1.85. The van der Waals surface area contributed by atoms with Crippen LogP contribution in [0, 0.1) is 0 Å². The minimum atomic E-state index is -0.552. The Morgan fingerprint density at radius 1 is 1.35 bits per heavy atom. The van der Waals surface area contributed by atoms with E-state index in [1.54, 1.807) is 18.3 Å². The molecule has 1 saturated carbocycles. The van der Waals surface area contributed by atoms with Crippen molar-refractivity contribution >= 4 is 28.3 Å². The molecule has 1 fully saturated rings. The average molecular weight is 370 g/mol. The molecule has 2 N–H and O–H groups in total. The zero-order valence-electron chi connectivity index (χ0n) is 14.9. The number of imidazole rings is 1. The lowest BCUT2D eigenvalue weighted by atomic mass is 10.1. The number of nitrogens with one attached hydrogen (secondary N) is 2. The summed E-state index contributed by atoms with van der Waals surface area (Å²) in [4.78, 5) is 32.3. The normalized spacial score (nSPS) is 15.6. The molecule has 0 atom stereocenters. The molecule has 136 valence electrons. The van der Waals surface area contributed by atoms with Gasteiger partial charge in [0.1, 0.15) is 5.01 Å². The van der Waals surface area contributed by atoms with E-state index < -0.39 is 5.54 Å². The molecule has 0 spiro atoms. The van der Waals surface area contributed by atoms with Crippen LogP contribution < -0.4 is 11.0 Å². The Kier molecular flexibility index (Phi) is 4.19. The fourth-order valence-corrected chi connectivity index (χ4v) is 4.46. The highest BCUT2D eigenvalue weighted by Gasteiger charge is 2.27. The van der Waals surface area contributed by atoms with Crippen molar-refractivity contribution in [2.45, 2.75) is 51.1 Å². The Morgan fingerprint density at radius 3 is 2.81 bits per heavy atom. The number of hydrogen-bond donors (Lipinski definition) is 2. The number of thiazole rings is 1. The first kappa shape index (κ1) is 17.0. The fraction of sp³-hybridized carbons (Fsp3) is 0.421. The van der Waals surface area contributed by atoms with Crippen LogP contribution in [-0.2, 0) is 5.54 Å². The molecule has 3 aromatic rings. The smallest absolute Gasteiger partial charge is 0.326 e. The first-order valence-electron chi connectivity index (χ1n) is 8.92. The van der Waals surface area contributed by atoms with E-state index in [9.17, 15) is 9.59 Å². The Morgan fingerprint density at radius 2 is 2.12 bits per heavy atom. The predicted octanol–water partition coefficient (Wildman–Crippen LogP) is 3.57. The van der Waals surface area contributed by atoms with Crippen molar-refractivity contribution in [2.24, 2.45) is 0 Å². The molecule has 1 aliphatic rings. The number of aromatic nitrogens is 3. The number of rotatable bonds is 4. The average Bonchev–Trinajstić information content (AvgIpc) is 3.33. The Bertz CT molecular complexity index is 994. The first-order valence-corrected chi connectivity index (χ1v) is 9.80. The van der Waals surface area contributed by atoms with Crippen LogP contribution in [0.5, 0.6) is 0 Å². The number of fused-ring (bicyclic) bond motifs is 1. The highest BCUT2D eigenvalue weighted by atomic mass is 32.1. The predicted molar refractivity (Wildman–Crippen MR) is 103 cm³/mol. The Balaban J connectivity index is 1.63. The molecule has 26 heavy (non-hydrogen) atoms. The van der Waals surface area contributed by atoms with E-state index in [-0.39, 0.29) is 17.6 Å². The molecule has 0 aliphatic heterocycles. The molecule has 0 unspecified atom stereocenters. The maximum absolute atomic E-state index is 12.7. The van der Waals surface area contributed by atoms with Crippen molar-refractivity contribution in [3.8, 4) is 0 Å². The van der Waals surface area contributed by atoms with Gasteiger partial charge in [0, 0.05) is 23.2 Å². The van der Waals surface area contributed by atoms with Gasteiger partial charge in [-0.15, -0.1) is 11.3 Å². The molecule has 1 aliphatic carbocycles. The maximum Gasteiger partial charge on any atom is 0.326 e. The Labute approximate surface area is 155 Å². The molecule has 0 saturated heterocycles. The van der Waals surface area contributed by atoms with Crippen LogP contribution >= 0.6 is 11.3 Å². The van der Waals surface area contributed by atoms with Crippen molar-refractivity contribution in [1.82, 2.24) is 19.9 Å². The monoisotopic (exact) mass is 370 g/mol. The highest BCUT2D eigenvalue weighted by Crippen LogP contribution is 2.31. The van der Waals surface area contributed by atoms with Crippen molar-refractivity contribution in [3.63, 3.8) is 0 Å². The topological polar surface area (TPSA) is 79.8 Å². The van der Waals surface area contributed by atoms with Gasteiger partial charge in [-0.05, 0) is 44.9 Å². The van der Waals surface area contributed by atoms with Gasteiger partial charge in [0.15, 0.2) is 0 Å². The molecule has 2 heterocycles. The summed E-state index contributed by atoms with van der Waals surface area (Å²) in [7, 11) is 0. The molecule has 6 nitrogen and oxygen atoms in total. The van der Waals surface area contributed by atoms with Crippen LogP contribution in [0.2, 0.25) is 0 Å². The number of hydrogen-bond acceptors (Lipinski definition) is 4. The number of nitrogens with zero attached hydrogens (tertiary/aromatic N) is 2. The zero-order valence-corrected chi connectivity index (χ0v) is 15.7. The third-order valence-electron chi connectivity index (χ3n) is 5.06. The minimum Gasteiger partial charge on any atom is -0.341 e. The van der Waals surface area contributed by atoms with E-state index in [1.807, 2.05) is 29.9 Å². The van der Waals surface area contributed by atoms with E-state index in [0.29, 0.717) is 11.1 Å². The van der Waals surface area contributed by atoms with Gasteiger partial charge >= 0.3 is 5.69 Å². The largest absolute Gasteiger partial charge is 0.341 e. The third-order valence-corrected chi connectivity index (χ3v) is 6.16. The van der Waals surface area contributed by atoms with Gasteiger partial charge in [0.2, 0.25) is 0 Å². The number of carbonyl (C=O) groups excluding carboxylic acids is 1. The summed E-state index contributed by atoms with van der Waals surface area (Å²) in [6.07, 6.45) is 6.14. The van der Waals surface area contributed by atoms with Gasteiger partial charge < -0.3 is 10.3 Å². The molecule has 0 bridgehead atoms. The van der Waals surface area contributed by atoms with Crippen LogP contribution in [0.4, 0.5) is 0 Å². The van der Waals surface area contributed by atoms with Gasteiger partial charge in [0.05, 0.1) is 16.6 Å². The van der Waals surface area contributed by atoms with Gasteiger partial charge in [-0.25, -0.2) is 9.78 Å². The lowest BCUT2D eigenvalue weighted by Crippen LogP contribution is -2.40. The molecular weight excluding hydrogens is 348 g/mol. The van der Waals surface area contributed by atoms with Crippen LogP contribution in [0.15, 0.2) is 34.6 Å². The van der Waals surface area contributed by atoms with Crippen LogP contribution in [0.3, 0.4) is 0 Å². The number of carbonyl (C=O) groups is 1. The van der Waals surface area contributed by atoms with E-state index >= 15 is 0 Å². The SMILES string of the molecule is CC(C)(NC(=O)c1ccc2c(c1)[nH]c(=O)n2C1CCCC1)c1nccs1. The second-order valence-corrected chi connectivity index (χ2v) is 8.28. The van der Waals surface area contributed by atoms with Crippen LogP contribution in [-0.4, -0.2) is 20.4 Å². The number of benzene rings is 1. The van der Waals surface area contributed by atoms with Crippen molar-refractivity contribution in [3.05, 3.63) is 50.8 Å².